The monoisotopic (exact) mass is 128 g/mol. The molecule has 5 nitrogen and oxygen atoms in total. The molecule has 5 heteroatoms. The number of aromatic nitrogens is 1. The molecule has 48 valence electrons. The quantitative estimate of drug-likeness (QED) is 0.416. The van der Waals surface area contributed by atoms with Crippen LogP contribution in [0.4, 0.5) is 5.82 Å². The SMILES string of the molecule is Cc1cc([N+](=O)[O-])no1. The highest BCUT2D eigenvalue weighted by Crippen LogP contribution is 2.08. The average molecular weight is 128 g/mol. The fourth-order valence-corrected chi connectivity index (χ4v) is 0.439. The zero-order valence-corrected chi connectivity index (χ0v) is 4.70. The Balaban J connectivity index is 2.98. The molecule has 1 aromatic rings. The van der Waals surface area contributed by atoms with Gasteiger partial charge in [0.2, 0.25) is 0 Å². The van der Waals surface area contributed by atoms with Crippen LogP contribution in [0.2, 0.25) is 0 Å². The van der Waals surface area contributed by atoms with Gasteiger partial charge < -0.3 is 10.1 Å². The predicted octanol–water partition coefficient (Wildman–Crippen LogP) is 0.891. The van der Waals surface area contributed by atoms with Gasteiger partial charge in [-0.3, -0.25) is 4.52 Å². The summed E-state index contributed by atoms with van der Waals surface area (Å²) in [7, 11) is 0. The van der Waals surface area contributed by atoms with Crippen LogP contribution in [0.5, 0.6) is 0 Å². The summed E-state index contributed by atoms with van der Waals surface area (Å²) < 4.78 is 4.43. The summed E-state index contributed by atoms with van der Waals surface area (Å²) in [6.45, 7) is 1.60. The Hall–Kier alpha value is -1.39. The molecule has 0 bridgehead atoms. The van der Waals surface area contributed by atoms with E-state index in [4.69, 9.17) is 0 Å². The van der Waals surface area contributed by atoms with Crippen molar-refractivity contribution in [3.8, 4) is 0 Å². The predicted molar refractivity (Wildman–Crippen MR) is 27.9 cm³/mol. The van der Waals surface area contributed by atoms with Crippen LogP contribution in [0.1, 0.15) is 5.76 Å². The van der Waals surface area contributed by atoms with E-state index in [2.05, 4.69) is 9.68 Å². The van der Waals surface area contributed by atoms with Gasteiger partial charge in [0, 0.05) is 0 Å². The third-order valence-electron chi connectivity index (χ3n) is 0.803. The maximum absolute atomic E-state index is 9.90. The van der Waals surface area contributed by atoms with Crippen molar-refractivity contribution >= 4 is 5.82 Å². The minimum Gasteiger partial charge on any atom is -0.358 e. The van der Waals surface area contributed by atoms with Crippen LogP contribution in [-0.4, -0.2) is 10.1 Å². The lowest BCUT2D eigenvalue weighted by Gasteiger charge is -1.79. The van der Waals surface area contributed by atoms with E-state index in [1.54, 1.807) is 6.92 Å². The molecular formula is C4H4N2O3. The largest absolute Gasteiger partial charge is 0.413 e. The Labute approximate surface area is 50.4 Å². The Morgan fingerprint density at radius 2 is 2.56 bits per heavy atom. The van der Waals surface area contributed by atoms with Crippen molar-refractivity contribution in [3.05, 3.63) is 21.9 Å². The van der Waals surface area contributed by atoms with Crippen molar-refractivity contribution in [1.82, 2.24) is 5.16 Å². The molecule has 1 rings (SSSR count). The van der Waals surface area contributed by atoms with Crippen LogP contribution in [0.15, 0.2) is 10.6 Å². The molecule has 0 spiro atoms. The number of hydrogen-bond acceptors (Lipinski definition) is 4. The molecule has 0 aliphatic heterocycles. The van der Waals surface area contributed by atoms with Crippen LogP contribution in [0.25, 0.3) is 0 Å². The second kappa shape index (κ2) is 1.85. The third-order valence-corrected chi connectivity index (χ3v) is 0.803. The summed E-state index contributed by atoms with van der Waals surface area (Å²) in [5, 5.41) is 13.0. The van der Waals surface area contributed by atoms with Crippen molar-refractivity contribution in [2.45, 2.75) is 6.92 Å². The maximum atomic E-state index is 9.90. The first-order valence-corrected chi connectivity index (χ1v) is 2.28. The normalized spacial score (nSPS) is 9.44. The molecule has 0 aromatic carbocycles. The lowest BCUT2D eigenvalue weighted by molar-refractivity contribution is -0.390. The number of rotatable bonds is 1. The van der Waals surface area contributed by atoms with Crippen LogP contribution >= 0.6 is 0 Å². The van der Waals surface area contributed by atoms with E-state index in [-0.39, 0.29) is 5.82 Å². The lowest BCUT2D eigenvalue weighted by Crippen LogP contribution is -1.85. The molecule has 0 N–H and O–H groups in total. The summed E-state index contributed by atoms with van der Waals surface area (Å²) in [5.41, 5.74) is 0. The number of nitro groups is 1. The van der Waals surface area contributed by atoms with Gasteiger partial charge in [-0.1, -0.05) is 0 Å². The van der Waals surface area contributed by atoms with Crippen molar-refractivity contribution in [2.24, 2.45) is 0 Å². The van der Waals surface area contributed by atoms with Gasteiger partial charge in [-0.15, -0.1) is 0 Å². The Bertz CT molecular complexity index is 229. The van der Waals surface area contributed by atoms with Crippen molar-refractivity contribution < 1.29 is 9.45 Å². The smallest absolute Gasteiger partial charge is 0.358 e. The Morgan fingerprint density at radius 1 is 1.89 bits per heavy atom. The molecule has 0 radical (unpaired) electrons. The molecule has 9 heavy (non-hydrogen) atoms. The number of nitrogens with zero attached hydrogens (tertiary/aromatic N) is 2. The van der Waals surface area contributed by atoms with E-state index in [1.807, 2.05) is 0 Å². The molecule has 0 unspecified atom stereocenters. The molecule has 0 aliphatic carbocycles. The molecule has 0 aliphatic rings. The summed E-state index contributed by atoms with van der Waals surface area (Å²) in [5.74, 6) is 0.203. The van der Waals surface area contributed by atoms with Crippen molar-refractivity contribution in [1.29, 1.82) is 0 Å². The van der Waals surface area contributed by atoms with Gasteiger partial charge in [0.25, 0.3) is 0 Å². The Morgan fingerprint density at radius 3 is 2.78 bits per heavy atom. The van der Waals surface area contributed by atoms with Gasteiger partial charge in [-0.2, -0.15) is 0 Å². The van der Waals surface area contributed by atoms with Gasteiger partial charge in [0.1, 0.15) is 0 Å². The van der Waals surface area contributed by atoms with E-state index < -0.39 is 4.92 Å². The molecule has 0 saturated heterocycles. The molecule has 0 fully saturated rings. The highest BCUT2D eigenvalue weighted by Gasteiger charge is 2.10. The minimum atomic E-state index is -0.601. The van der Waals surface area contributed by atoms with Gasteiger partial charge in [-0.05, 0) is 11.8 Å². The van der Waals surface area contributed by atoms with Crippen molar-refractivity contribution in [3.63, 3.8) is 0 Å². The van der Waals surface area contributed by atoms with Gasteiger partial charge >= 0.3 is 5.82 Å². The van der Waals surface area contributed by atoms with E-state index in [9.17, 15) is 10.1 Å². The van der Waals surface area contributed by atoms with E-state index in [0.717, 1.165) is 0 Å². The molecule has 0 amide bonds. The molecule has 0 saturated carbocycles. The second-order valence-electron chi connectivity index (χ2n) is 1.55. The first kappa shape index (κ1) is 5.74. The van der Waals surface area contributed by atoms with Crippen molar-refractivity contribution in [2.75, 3.05) is 0 Å². The fourth-order valence-electron chi connectivity index (χ4n) is 0.439. The standard InChI is InChI=1S/C4H4N2O3/c1-3-2-4(5-9-3)6(7)8/h2H,1H3. The highest BCUT2D eigenvalue weighted by molar-refractivity contribution is 5.16. The van der Waals surface area contributed by atoms with E-state index in [0.29, 0.717) is 5.76 Å². The molecular weight excluding hydrogens is 124 g/mol. The van der Waals surface area contributed by atoms with Gasteiger partial charge in [0.15, 0.2) is 10.9 Å². The fraction of sp³-hybridized carbons (Fsp3) is 0.250. The summed E-state index contributed by atoms with van der Waals surface area (Å²) in [6, 6.07) is 1.26. The average Bonchev–Trinajstić information content (AvgIpc) is 2.14. The van der Waals surface area contributed by atoms with Gasteiger partial charge in [0.05, 0.1) is 6.07 Å². The molecule has 1 heterocycles. The lowest BCUT2D eigenvalue weighted by atomic mass is 10.5. The van der Waals surface area contributed by atoms with E-state index >= 15 is 0 Å². The number of hydrogen-bond donors (Lipinski definition) is 0. The van der Waals surface area contributed by atoms with Crippen LogP contribution in [0.3, 0.4) is 0 Å². The van der Waals surface area contributed by atoms with Crippen LogP contribution < -0.4 is 0 Å². The number of aryl methyl sites for hydroxylation is 1. The Kier molecular flexibility index (Phi) is 1.18. The first-order chi connectivity index (χ1) is 4.20. The molecule has 1 aromatic heterocycles. The van der Waals surface area contributed by atoms with Gasteiger partial charge in [-0.25, -0.2) is 0 Å². The highest BCUT2D eigenvalue weighted by atomic mass is 16.6. The molecule has 0 atom stereocenters. The third kappa shape index (κ3) is 1.04. The van der Waals surface area contributed by atoms with E-state index in [1.165, 1.54) is 6.07 Å². The summed E-state index contributed by atoms with van der Waals surface area (Å²) in [4.78, 5) is 9.30. The summed E-state index contributed by atoms with van der Waals surface area (Å²) in [6.07, 6.45) is 0. The topological polar surface area (TPSA) is 69.2 Å². The second-order valence-corrected chi connectivity index (χ2v) is 1.55. The first-order valence-electron chi connectivity index (χ1n) is 2.28. The van der Waals surface area contributed by atoms with Crippen LogP contribution in [0, 0.1) is 17.0 Å². The zero-order chi connectivity index (χ0) is 6.85. The summed E-state index contributed by atoms with van der Waals surface area (Å²) >= 11 is 0. The zero-order valence-electron chi connectivity index (χ0n) is 4.70. The minimum absolute atomic E-state index is 0.243. The van der Waals surface area contributed by atoms with Crippen LogP contribution in [-0.2, 0) is 0 Å². The maximum Gasteiger partial charge on any atom is 0.413 e.